The molecular formula is C16H21FN2O. The fraction of sp³-hybridized carbons (Fsp3) is 0.562. The van der Waals surface area contributed by atoms with Gasteiger partial charge in [-0.05, 0) is 49.9 Å². The highest BCUT2D eigenvalue weighted by Gasteiger charge is 2.36. The third-order valence-corrected chi connectivity index (χ3v) is 4.16. The van der Waals surface area contributed by atoms with Gasteiger partial charge in [-0.3, -0.25) is 4.79 Å². The molecule has 1 atom stereocenters. The minimum atomic E-state index is -0.231. The van der Waals surface area contributed by atoms with Gasteiger partial charge in [0.15, 0.2) is 0 Å². The maximum absolute atomic E-state index is 13.3. The molecule has 20 heavy (non-hydrogen) atoms. The molecular weight excluding hydrogens is 255 g/mol. The number of carbonyl (C=O) groups excluding carboxylic acids is 1. The van der Waals surface area contributed by atoms with E-state index in [0.29, 0.717) is 12.6 Å². The summed E-state index contributed by atoms with van der Waals surface area (Å²) in [5, 5.41) is 3.30. The Morgan fingerprint density at radius 3 is 2.85 bits per heavy atom. The molecule has 3 nitrogen and oxygen atoms in total. The first-order valence-electron chi connectivity index (χ1n) is 7.49. The number of carbonyl (C=O) groups is 1. The molecule has 2 aliphatic rings. The quantitative estimate of drug-likeness (QED) is 0.915. The molecule has 2 fully saturated rings. The molecule has 108 valence electrons. The van der Waals surface area contributed by atoms with Crippen molar-refractivity contribution >= 4 is 5.91 Å². The van der Waals surface area contributed by atoms with Crippen molar-refractivity contribution in [3.05, 3.63) is 35.6 Å². The summed E-state index contributed by atoms with van der Waals surface area (Å²) in [5.74, 6) is 0.104. The summed E-state index contributed by atoms with van der Waals surface area (Å²) in [7, 11) is 0. The van der Waals surface area contributed by atoms with Crippen molar-refractivity contribution in [3.63, 3.8) is 0 Å². The lowest BCUT2D eigenvalue weighted by atomic mass is 9.97. The Hall–Kier alpha value is -1.42. The average molecular weight is 276 g/mol. The van der Waals surface area contributed by atoms with Crippen molar-refractivity contribution in [2.75, 3.05) is 13.1 Å². The Labute approximate surface area is 119 Å². The molecule has 1 aromatic carbocycles. The van der Waals surface area contributed by atoms with Crippen LogP contribution in [0.1, 0.15) is 31.2 Å². The van der Waals surface area contributed by atoms with Crippen LogP contribution in [0.25, 0.3) is 0 Å². The molecule has 0 spiro atoms. The second-order valence-corrected chi connectivity index (χ2v) is 5.87. The maximum atomic E-state index is 13.3. The van der Waals surface area contributed by atoms with Gasteiger partial charge in [0.25, 0.3) is 0 Å². The van der Waals surface area contributed by atoms with Crippen LogP contribution in [0.3, 0.4) is 0 Å². The van der Waals surface area contributed by atoms with Gasteiger partial charge in [-0.1, -0.05) is 12.1 Å². The minimum absolute atomic E-state index is 0.0953. The van der Waals surface area contributed by atoms with Gasteiger partial charge in [0.05, 0.1) is 5.92 Å². The van der Waals surface area contributed by atoms with Crippen molar-refractivity contribution in [2.45, 2.75) is 38.3 Å². The van der Waals surface area contributed by atoms with Gasteiger partial charge >= 0.3 is 0 Å². The molecule has 1 saturated heterocycles. The van der Waals surface area contributed by atoms with Gasteiger partial charge in [0.1, 0.15) is 5.82 Å². The molecule has 0 bridgehead atoms. The second kappa shape index (κ2) is 5.92. The zero-order chi connectivity index (χ0) is 13.9. The highest BCUT2D eigenvalue weighted by Crippen LogP contribution is 2.30. The van der Waals surface area contributed by atoms with Crippen LogP contribution < -0.4 is 5.32 Å². The fourth-order valence-corrected chi connectivity index (χ4v) is 2.90. The summed E-state index contributed by atoms with van der Waals surface area (Å²) in [5.41, 5.74) is 0.883. The zero-order valence-electron chi connectivity index (χ0n) is 11.6. The molecule has 1 heterocycles. The minimum Gasteiger partial charge on any atom is -0.335 e. The molecule has 1 N–H and O–H groups in total. The maximum Gasteiger partial charge on any atom is 0.227 e. The summed E-state index contributed by atoms with van der Waals surface area (Å²) in [6, 6.07) is 6.94. The topological polar surface area (TPSA) is 32.3 Å². The molecule has 3 rings (SSSR count). The molecule has 4 heteroatoms. The molecule has 1 unspecified atom stereocenters. The molecule has 1 saturated carbocycles. The van der Waals surface area contributed by atoms with E-state index in [4.69, 9.17) is 0 Å². The Balaban J connectivity index is 1.70. The normalized spacial score (nSPS) is 22.6. The smallest absolute Gasteiger partial charge is 0.227 e. The molecule has 1 aliphatic heterocycles. The first kappa shape index (κ1) is 13.6. The van der Waals surface area contributed by atoms with E-state index in [0.717, 1.165) is 44.3 Å². The number of benzene rings is 1. The number of halogens is 1. The summed E-state index contributed by atoms with van der Waals surface area (Å²) in [4.78, 5) is 14.6. The predicted molar refractivity (Wildman–Crippen MR) is 75.6 cm³/mol. The molecule has 1 aliphatic carbocycles. The molecule has 0 aromatic heterocycles. The van der Waals surface area contributed by atoms with Crippen LogP contribution in [0.15, 0.2) is 24.3 Å². The third kappa shape index (κ3) is 3.18. The van der Waals surface area contributed by atoms with E-state index in [-0.39, 0.29) is 17.6 Å². The lowest BCUT2D eigenvalue weighted by Gasteiger charge is -2.30. The number of rotatable bonds is 4. The van der Waals surface area contributed by atoms with E-state index < -0.39 is 0 Å². The predicted octanol–water partition coefficient (Wildman–Crippen LogP) is 2.32. The van der Waals surface area contributed by atoms with Crippen molar-refractivity contribution in [3.8, 4) is 0 Å². The van der Waals surface area contributed by atoms with E-state index >= 15 is 0 Å². The van der Waals surface area contributed by atoms with Crippen LogP contribution in [0.2, 0.25) is 0 Å². The van der Waals surface area contributed by atoms with Crippen LogP contribution in [0, 0.1) is 11.7 Å². The third-order valence-electron chi connectivity index (χ3n) is 4.16. The Morgan fingerprint density at radius 2 is 2.20 bits per heavy atom. The van der Waals surface area contributed by atoms with Crippen molar-refractivity contribution < 1.29 is 9.18 Å². The standard InChI is InChI=1S/C16H21FN2O/c17-14-5-1-3-12(9-14)11-19(15-6-7-15)16(20)13-4-2-8-18-10-13/h1,3,5,9,13,15,18H,2,4,6-8,10-11H2. The summed E-state index contributed by atoms with van der Waals surface area (Å²) >= 11 is 0. The van der Waals surface area contributed by atoms with E-state index in [1.807, 2.05) is 11.0 Å². The molecule has 0 radical (unpaired) electrons. The number of amides is 1. The summed E-state index contributed by atoms with van der Waals surface area (Å²) in [6.07, 6.45) is 4.20. The van der Waals surface area contributed by atoms with Crippen LogP contribution in [0.5, 0.6) is 0 Å². The molecule has 1 aromatic rings. The largest absolute Gasteiger partial charge is 0.335 e. The molecule has 1 amide bonds. The van der Waals surface area contributed by atoms with Crippen LogP contribution in [-0.4, -0.2) is 29.9 Å². The first-order valence-corrected chi connectivity index (χ1v) is 7.49. The van der Waals surface area contributed by atoms with Gasteiger partial charge in [0.2, 0.25) is 5.91 Å². The van der Waals surface area contributed by atoms with E-state index in [1.54, 1.807) is 6.07 Å². The zero-order valence-corrected chi connectivity index (χ0v) is 11.6. The van der Waals surface area contributed by atoms with Gasteiger partial charge < -0.3 is 10.2 Å². The van der Waals surface area contributed by atoms with E-state index in [9.17, 15) is 9.18 Å². The first-order chi connectivity index (χ1) is 9.74. The number of nitrogens with zero attached hydrogens (tertiary/aromatic N) is 1. The van der Waals surface area contributed by atoms with Crippen molar-refractivity contribution in [1.82, 2.24) is 10.2 Å². The SMILES string of the molecule is O=C(C1CCCNC1)N(Cc1cccc(F)c1)C1CC1. The number of piperidine rings is 1. The summed E-state index contributed by atoms with van der Waals surface area (Å²) in [6.45, 7) is 2.33. The number of nitrogens with one attached hydrogen (secondary N) is 1. The lowest BCUT2D eigenvalue weighted by Crippen LogP contribution is -2.43. The Morgan fingerprint density at radius 1 is 1.35 bits per heavy atom. The fourth-order valence-electron chi connectivity index (χ4n) is 2.90. The van der Waals surface area contributed by atoms with Gasteiger partial charge in [-0.2, -0.15) is 0 Å². The van der Waals surface area contributed by atoms with E-state index in [2.05, 4.69) is 5.32 Å². The monoisotopic (exact) mass is 276 g/mol. The lowest BCUT2D eigenvalue weighted by molar-refractivity contribution is -0.137. The van der Waals surface area contributed by atoms with Gasteiger partial charge in [-0.15, -0.1) is 0 Å². The van der Waals surface area contributed by atoms with Crippen molar-refractivity contribution in [2.24, 2.45) is 5.92 Å². The van der Waals surface area contributed by atoms with Gasteiger partial charge in [0, 0.05) is 19.1 Å². The highest BCUT2D eigenvalue weighted by molar-refractivity contribution is 5.79. The Bertz CT molecular complexity index is 481. The number of hydrogen-bond donors (Lipinski definition) is 1. The van der Waals surface area contributed by atoms with Crippen LogP contribution >= 0.6 is 0 Å². The average Bonchev–Trinajstić information content (AvgIpc) is 3.30. The van der Waals surface area contributed by atoms with E-state index in [1.165, 1.54) is 12.1 Å². The second-order valence-electron chi connectivity index (χ2n) is 5.87. The van der Waals surface area contributed by atoms with Crippen LogP contribution in [-0.2, 0) is 11.3 Å². The summed E-state index contributed by atoms with van der Waals surface area (Å²) < 4.78 is 13.3. The van der Waals surface area contributed by atoms with Crippen molar-refractivity contribution in [1.29, 1.82) is 0 Å². The van der Waals surface area contributed by atoms with Crippen LogP contribution in [0.4, 0.5) is 4.39 Å². The Kier molecular flexibility index (Phi) is 4.01. The highest BCUT2D eigenvalue weighted by atomic mass is 19.1. The number of hydrogen-bond acceptors (Lipinski definition) is 2. The van der Waals surface area contributed by atoms with Gasteiger partial charge in [-0.25, -0.2) is 4.39 Å².